The first-order valence-corrected chi connectivity index (χ1v) is 16.2. The summed E-state index contributed by atoms with van der Waals surface area (Å²) in [6.45, 7) is 0. The number of furan rings is 1. The van der Waals surface area contributed by atoms with E-state index in [0.29, 0.717) is 0 Å². The summed E-state index contributed by atoms with van der Waals surface area (Å²) in [5.41, 5.74) is 9.23. The highest BCUT2D eigenvalue weighted by Gasteiger charge is 2.19. The molecule has 9 aromatic carbocycles. The monoisotopic (exact) mass is 596 g/mol. The Morgan fingerprint density at radius 2 is 0.809 bits per heavy atom. The van der Waals surface area contributed by atoms with E-state index in [9.17, 15) is 0 Å². The Bertz CT molecular complexity index is 2770. The van der Waals surface area contributed by atoms with Crippen LogP contribution in [0.5, 0.6) is 0 Å². The smallest absolute Gasteiger partial charge is 0.136 e. The van der Waals surface area contributed by atoms with Crippen molar-refractivity contribution in [1.29, 1.82) is 0 Å². The zero-order valence-electron chi connectivity index (χ0n) is 25.6. The lowest BCUT2D eigenvalue weighted by Crippen LogP contribution is -1.91. The number of rotatable bonds is 3. The molecule has 0 unspecified atom stereocenters. The van der Waals surface area contributed by atoms with E-state index in [4.69, 9.17) is 4.42 Å². The molecule has 0 saturated heterocycles. The normalized spacial score (nSPS) is 11.8. The van der Waals surface area contributed by atoms with E-state index in [0.717, 1.165) is 16.6 Å². The second kappa shape index (κ2) is 10.2. The molecule has 0 aliphatic heterocycles. The standard InChI is InChI=1S/C46H28O/c1-2-14-32-29(12-1)13-11-22-34(32)45-38-19-7-5-17-36(38)44(37-18-6-8-20-39(37)45)31-26-24-30(25-27-31)41-28-43-46(35-16-4-3-15-33(35)41)40-21-9-10-23-42(40)47-43/h1-28H. The molecule has 0 radical (unpaired) electrons. The molecular formula is C46H28O. The van der Waals surface area contributed by atoms with Gasteiger partial charge in [0.2, 0.25) is 0 Å². The highest BCUT2D eigenvalue weighted by Crippen LogP contribution is 2.46. The van der Waals surface area contributed by atoms with E-state index >= 15 is 0 Å². The van der Waals surface area contributed by atoms with E-state index in [1.807, 2.05) is 6.07 Å². The minimum absolute atomic E-state index is 0.921. The second-order valence-electron chi connectivity index (χ2n) is 12.4. The third-order valence-corrected chi connectivity index (χ3v) is 9.86. The fourth-order valence-electron chi connectivity index (χ4n) is 7.82. The van der Waals surface area contributed by atoms with Gasteiger partial charge in [-0.05, 0) is 88.6 Å². The van der Waals surface area contributed by atoms with Gasteiger partial charge in [-0.25, -0.2) is 0 Å². The Labute approximate surface area is 271 Å². The van der Waals surface area contributed by atoms with E-state index in [2.05, 4.69) is 164 Å². The molecule has 1 heteroatoms. The molecule has 47 heavy (non-hydrogen) atoms. The van der Waals surface area contributed by atoms with Crippen molar-refractivity contribution in [2.45, 2.75) is 0 Å². The largest absolute Gasteiger partial charge is 0.456 e. The third kappa shape index (κ3) is 3.90. The van der Waals surface area contributed by atoms with Crippen LogP contribution in [0.4, 0.5) is 0 Å². The number of para-hydroxylation sites is 1. The van der Waals surface area contributed by atoms with Crippen LogP contribution in [0.15, 0.2) is 174 Å². The second-order valence-corrected chi connectivity index (χ2v) is 12.4. The van der Waals surface area contributed by atoms with Gasteiger partial charge in [0.05, 0.1) is 0 Å². The molecule has 0 amide bonds. The number of benzene rings is 9. The minimum Gasteiger partial charge on any atom is -0.456 e. The lowest BCUT2D eigenvalue weighted by Gasteiger charge is -2.19. The summed E-state index contributed by atoms with van der Waals surface area (Å²) in [6.07, 6.45) is 0. The van der Waals surface area contributed by atoms with Crippen molar-refractivity contribution in [1.82, 2.24) is 0 Å². The molecule has 1 aromatic heterocycles. The Morgan fingerprint density at radius 1 is 0.298 bits per heavy atom. The van der Waals surface area contributed by atoms with Crippen LogP contribution in [-0.4, -0.2) is 0 Å². The Balaban J connectivity index is 1.20. The van der Waals surface area contributed by atoms with Crippen molar-refractivity contribution in [2.75, 3.05) is 0 Å². The summed E-state index contributed by atoms with van der Waals surface area (Å²) >= 11 is 0. The molecule has 0 bridgehead atoms. The van der Waals surface area contributed by atoms with E-state index < -0.39 is 0 Å². The molecule has 10 aromatic rings. The van der Waals surface area contributed by atoms with E-state index in [-0.39, 0.29) is 0 Å². The Morgan fingerprint density at radius 3 is 1.51 bits per heavy atom. The van der Waals surface area contributed by atoms with Gasteiger partial charge in [0, 0.05) is 10.8 Å². The molecule has 10 rings (SSSR count). The molecule has 218 valence electrons. The van der Waals surface area contributed by atoms with Gasteiger partial charge in [0.15, 0.2) is 0 Å². The van der Waals surface area contributed by atoms with Crippen molar-refractivity contribution in [3.8, 4) is 33.4 Å². The quantitative estimate of drug-likeness (QED) is 0.185. The summed E-state index contributed by atoms with van der Waals surface area (Å²) in [5, 5.41) is 12.4. The zero-order valence-corrected chi connectivity index (χ0v) is 25.6. The van der Waals surface area contributed by atoms with Gasteiger partial charge in [0.1, 0.15) is 11.2 Å². The number of hydrogen-bond donors (Lipinski definition) is 0. The molecule has 0 aliphatic carbocycles. The molecule has 0 atom stereocenters. The first-order valence-electron chi connectivity index (χ1n) is 16.2. The lowest BCUT2D eigenvalue weighted by molar-refractivity contribution is 0.669. The predicted octanol–water partition coefficient (Wildman–Crippen LogP) is 13.2. The van der Waals surface area contributed by atoms with Crippen LogP contribution in [-0.2, 0) is 0 Å². The fourth-order valence-corrected chi connectivity index (χ4v) is 7.82. The van der Waals surface area contributed by atoms with Crippen molar-refractivity contribution >= 4 is 65.0 Å². The maximum absolute atomic E-state index is 6.39. The third-order valence-electron chi connectivity index (χ3n) is 9.86. The highest BCUT2D eigenvalue weighted by molar-refractivity contribution is 6.24. The summed E-state index contributed by atoms with van der Waals surface area (Å²) in [4.78, 5) is 0. The van der Waals surface area contributed by atoms with Gasteiger partial charge in [0.25, 0.3) is 0 Å². The summed E-state index contributed by atoms with van der Waals surface area (Å²) in [5.74, 6) is 0. The van der Waals surface area contributed by atoms with Crippen LogP contribution in [0, 0.1) is 0 Å². The van der Waals surface area contributed by atoms with Crippen molar-refractivity contribution in [3.63, 3.8) is 0 Å². The van der Waals surface area contributed by atoms with Crippen molar-refractivity contribution in [2.24, 2.45) is 0 Å². The van der Waals surface area contributed by atoms with Crippen LogP contribution in [0.1, 0.15) is 0 Å². The van der Waals surface area contributed by atoms with Crippen LogP contribution in [0.25, 0.3) is 98.4 Å². The maximum Gasteiger partial charge on any atom is 0.136 e. The zero-order chi connectivity index (χ0) is 30.9. The maximum atomic E-state index is 6.39. The Kier molecular flexibility index (Phi) is 5.64. The molecule has 0 N–H and O–H groups in total. The highest BCUT2D eigenvalue weighted by atomic mass is 16.3. The molecule has 0 fully saturated rings. The van der Waals surface area contributed by atoms with Gasteiger partial charge >= 0.3 is 0 Å². The van der Waals surface area contributed by atoms with Crippen LogP contribution in [0.3, 0.4) is 0 Å². The van der Waals surface area contributed by atoms with Crippen LogP contribution < -0.4 is 0 Å². The summed E-state index contributed by atoms with van der Waals surface area (Å²) in [7, 11) is 0. The minimum atomic E-state index is 0.921. The molecule has 0 aliphatic rings. The fraction of sp³-hybridized carbons (Fsp3) is 0. The van der Waals surface area contributed by atoms with Crippen LogP contribution >= 0.6 is 0 Å². The average Bonchev–Trinajstić information content (AvgIpc) is 3.52. The molecule has 0 spiro atoms. The molecule has 1 heterocycles. The number of fused-ring (bicyclic) bond motifs is 8. The van der Waals surface area contributed by atoms with Crippen molar-refractivity contribution < 1.29 is 4.42 Å². The SMILES string of the molecule is c1ccc2c(-c3c4ccccc4c(-c4ccc(-c5cc6oc7ccccc7c6c6ccccc56)cc4)c4ccccc34)cccc2c1. The van der Waals surface area contributed by atoms with Gasteiger partial charge in [-0.15, -0.1) is 0 Å². The van der Waals surface area contributed by atoms with Gasteiger partial charge in [-0.3, -0.25) is 0 Å². The topological polar surface area (TPSA) is 13.1 Å². The van der Waals surface area contributed by atoms with Gasteiger partial charge in [-0.1, -0.05) is 158 Å². The lowest BCUT2D eigenvalue weighted by atomic mass is 9.84. The summed E-state index contributed by atoms with van der Waals surface area (Å²) in [6, 6.07) is 61.5. The molecule has 1 nitrogen and oxygen atoms in total. The van der Waals surface area contributed by atoms with Crippen molar-refractivity contribution in [3.05, 3.63) is 170 Å². The summed E-state index contributed by atoms with van der Waals surface area (Å²) < 4.78 is 6.39. The Hall–Kier alpha value is -6.18. The number of hydrogen-bond acceptors (Lipinski definition) is 1. The van der Waals surface area contributed by atoms with E-state index in [1.165, 1.54) is 81.9 Å². The van der Waals surface area contributed by atoms with Gasteiger partial charge < -0.3 is 4.42 Å². The van der Waals surface area contributed by atoms with Gasteiger partial charge in [-0.2, -0.15) is 0 Å². The first-order chi connectivity index (χ1) is 23.3. The average molecular weight is 597 g/mol. The van der Waals surface area contributed by atoms with Crippen LogP contribution in [0.2, 0.25) is 0 Å². The predicted molar refractivity (Wildman–Crippen MR) is 200 cm³/mol. The molecular weight excluding hydrogens is 569 g/mol. The first kappa shape index (κ1) is 26.1. The van der Waals surface area contributed by atoms with E-state index in [1.54, 1.807) is 0 Å². The molecule has 0 saturated carbocycles.